The van der Waals surface area contributed by atoms with Crippen molar-refractivity contribution in [3.63, 3.8) is 0 Å². The molecule has 0 saturated carbocycles. The Morgan fingerprint density at radius 1 is 1.14 bits per heavy atom. The molecule has 4 rings (SSSR count). The number of thiophene rings is 1. The van der Waals surface area contributed by atoms with Gasteiger partial charge >= 0.3 is 0 Å². The summed E-state index contributed by atoms with van der Waals surface area (Å²) in [6.07, 6.45) is 0.848. The van der Waals surface area contributed by atoms with E-state index >= 15 is 0 Å². The summed E-state index contributed by atoms with van der Waals surface area (Å²) in [6.45, 7) is 0.722. The van der Waals surface area contributed by atoms with Gasteiger partial charge in [0.25, 0.3) is 5.91 Å². The number of methoxy groups -OCH3 is 1. The van der Waals surface area contributed by atoms with Crippen molar-refractivity contribution in [3.8, 4) is 5.75 Å². The van der Waals surface area contributed by atoms with E-state index in [-0.39, 0.29) is 5.91 Å². The van der Waals surface area contributed by atoms with E-state index in [1.165, 1.54) is 5.56 Å². The van der Waals surface area contributed by atoms with Gasteiger partial charge < -0.3 is 14.6 Å². The fourth-order valence-corrected chi connectivity index (χ4v) is 4.25. The molecule has 28 heavy (non-hydrogen) atoms. The lowest BCUT2D eigenvalue weighted by atomic mass is 10.1. The van der Waals surface area contributed by atoms with Crippen molar-refractivity contribution >= 4 is 44.7 Å². The molecule has 6 heteroatoms. The Labute approximate surface area is 172 Å². The second-order valence-corrected chi connectivity index (χ2v) is 7.77. The van der Waals surface area contributed by atoms with Crippen LogP contribution in [0.2, 0.25) is 5.02 Å². The van der Waals surface area contributed by atoms with Gasteiger partial charge in [-0.05, 0) is 47.7 Å². The molecule has 1 N–H and O–H groups in total. The third-order valence-electron chi connectivity index (χ3n) is 4.63. The molecule has 0 bridgehead atoms. The van der Waals surface area contributed by atoms with Crippen LogP contribution in [0.3, 0.4) is 0 Å². The van der Waals surface area contributed by atoms with Gasteiger partial charge in [0.15, 0.2) is 0 Å². The molecule has 0 radical (unpaired) electrons. The van der Waals surface area contributed by atoms with Crippen LogP contribution in [0, 0.1) is 0 Å². The van der Waals surface area contributed by atoms with Gasteiger partial charge in [0.1, 0.15) is 11.4 Å². The van der Waals surface area contributed by atoms with Crippen LogP contribution in [0.1, 0.15) is 16.1 Å². The number of carbonyl (C=O) groups excluding carboxylic acids is 1. The number of benzene rings is 2. The highest BCUT2D eigenvalue weighted by molar-refractivity contribution is 7.17. The van der Waals surface area contributed by atoms with Crippen LogP contribution in [0.5, 0.6) is 5.75 Å². The largest absolute Gasteiger partial charge is 0.495 e. The Balaban J connectivity index is 1.64. The maximum atomic E-state index is 13.1. The summed E-state index contributed by atoms with van der Waals surface area (Å²) >= 11 is 7.72. The van der Waals surface area contributed by atoms with Crippen molar-refractivity contribution in [1.29, 1.82) is 0 Å². The number of nitrogens with zero attached hydrogens (tertiary/aromatic N) is 1. The van der Waals surface area contributed by atoms with Gasteiger partial charge in [0.05, 0.1) is 23.0 Å². The number of rotatable bonds is 6. The number of ether oxygens (including phenoxy) is 1. The molecule has 0 aliphatic rings. The topological polar surface area (TPSA) is 43.3 Å². The molecule has 0 aliphatic heterocycles. The lowest BCUT2D eigenvalue weighted by molar-refractivity contribution is 0.101. The van der Waals surface area contributed by atoms with Crippen LogP contribution in [0.15, 0.2) is 66.0 Å². The summed E-state index contributed by atoms with van der Waals surface area (Å²) in [5.74, 6) is 0.388. The monoisotopic (exact) mass is 410 g/mol. The average Bonchev–Trinajstić information content (AvgIpc) is 3.29. The number of hydrogen-bond donors (Lipinski definition) is 1. The third kappa shape index (κ3) is 3.77. The Morgan fingerprint density at radius 2 is 1.96 bits per heavy atom. The summed E-state index contributed by atoms with van der Waals surface area (Å²) in [4.78, 5) is 13.1. The number of nitrogens with one attached hydrogen (secondary N) is 1. The van der Waals surface area contributed by atoms with Gasteiger partial charge in [-0.25, -0.2) is 0 Å². The molecule has 4 aromatic rings. The van der Waals surface area contributed by atoms with Crippen LogP contribution >= 0.6 is 22.9 Å². The van der Waals surface area contributed by atoms with E-state index in [1.54, 1.807) is 36.6 Å². The van der Waals surface area contributed by atoms with Gasteiger partial charge in [-0.2, -0.15) is 0 Å². The zero-order valence-electron chi connectivity index (χ0n) is 15.3. The SMILES string of the molecule is COc1ccc(Cl)cc1NC(=O)c1cc2sccc2n1CCc1ccccc1. The first-order chi connectivity index (χ1) is 13.7. The number of amides is 1. The van der Waals surface area contributed by atoms with E-state index in [1.807, 2.05) is 29.6 Å². The molecule has 0 aliphatic carbocycles. The Morgan fingerprint density at radius 3 is 2.75 bits per heavy atom. The zero-order chi connectivity index (χ0) is 19.5. The summed E-state index contributed by atoms with van der Waals surface area (Å²) in [6, 6.07) is 19.4. The molecule has 0 spiro atoms. The van der Waals surface area contributed by atoms with E-state index in [0.717, 1.165) is 23.2 Å². The molecule has 2 aromatic heterocycles. The molecular formula is C22H19ClN2O2S. The van der Waals surface area contributed by atoms with Crippen LogP contribution < -0.4 is 10.1 Å². The number of fused-ring (bicyclic) bond motifs is 1. The number of aromatic nitrogens is 1. The van der Waals surface area contributed by atoms with Gasteiger partial charge in [-0.3, -0.25) is 4.79 Å². The minimum absolute atomic E-state index is 0.183. The quantitative estimate of drug-likeness (QED) is 0.432. The summed E-state index contributed by atoms with van der Waals surface area (Å²) in [5, 5.41) is 5.53. The first-order valence-corrected chi connectivity index (χ1v) is 10.2. The molecular weight excluding hydrogens is 392 g/mol. The molecule has 2 aromatic carbocycles. The normalized spacial score (nSPS) is 10.9. The van der Waals surface area contributed by atoms with E-state index in [9.17, 15) is 4.79 Å². The lowest BCUT2D eigenvalue weighted by Gasteiger charge is -2.13. The first kappa shape index (κ1) is 18.6. The highest BCUT2D eigenvalue weighted by Gasteiger charge is 2.18. The minimum Gasteiger partial charge on any atom is -0.495 e. The van der Waals surface area contributed by atoms with Crippen LogP contribution in [-0.4, -0.2) is 17.6 Å². The number of carbonyl (C=O) groups is 1. The number of halogens is 1. The molecule has 0 saturated heterocycles. The minimum atomic E-state index is -0.183. The van der Waals surface area contributed by atoms with Gasteiger partial charge in [0, 0.05) is 11.6 Å². The number of anilines is 1. The van der Waals surface area contributed by atoms with Crippen LogP contribution in [0.4, 0.5) is 5.69 Å². The predicted octanol–water partition coefficient (Wildman–Crippen LogP) is 5.86. The Hall–Kier alpha value is -2.76. The molecule has 0 atom stereocenters. The lowest BCUT2D eigenvalue weighted by Crippen LogP contribution is -2.18. The first-order valence-electron chi connectivity index (χ1n) is 8.91. The number of hydrogen-bond acceptors (Lipinski definition) is 3. The predicted molar refractivity (Wildman–Crippen MR) is 116 cm³/mol. The molecule has 0 fully saturated rings. The Kier molecular flexibility index (Phi) is 5.37. The zero-order valence-corrected chi connectivity index (χ0v) is 16.9. The van der Waals surface area contributed by atoms with Gasteiger partial charge in [-0.15, -0.1) is 11.3 Å². The second kappa shape index (κ2) is 8.09. The second-order valence-electron chi connectivity index (χ2n) is 6.39. The third-order valence-corrected chi connectivity index (χ3v) is 5.72. The van der Waals surface area contributed by atoms with E-state index in [2.05, 4.69) is 28.1 Å². The van der Waals surface area contributed by atoms with Crippen molar-refractivity contribution in [1.82, 2.24) is 4.57 Å². The summed E-state index contributed by atoms with van der Waals surface area (Å²) in [5.41, 5.74) is 3.49. The molecule has 2 heterocycles. The van der Waals surface area contributed by atoms with E-state index < -0.39 is 0 Å². The molecule has 4 nitrogen and oxygen atoms in total. The maximum absolute atomic E-state index is 13.1. The standard InChI is InChI=1S/C22H19ClN2O2S/c1-27-20-8-7-16(23)13-17(20)24-22(26)19-14-21-18(10-12-28-21)25(19)11-9-15-5-3-2-4-6-15/h2-8,10,12-14H,9,11H2,1H3,(H,24,26). The van der Waals surface area contributed by atoms with E-state index in [0.29, 0.717) is 22.2 Å². The van der Waals surface area contributed by atoms with Crippen molar-refractivity contribution in [2.45, 2.75) is 13.0 Å². The van der Waals surface area contributed by atoms with E-state index in [4.69, 9.17) is 16.3 Å². The van der Waals surface area contributed by atoms with Crippen molar-refractivity contribution in [3.05, 3.63) is 82.3 Å². The molecule has 0 unspecified atom stereocenters. The number of aryl methyl sites for hydroxylation is 2. The smallest absolute Gasteiger partial charge is 0.272 e. The van der Waals surface area contributed by atoms with Crippen LogP contribution in [0.25, 0.3) is 10.2 Å². The molecule has 1 amide bonds. The fraction of sp³-hybridized carbons (Fsp3) is 0.136. The summed E-state index contributed by atoms with van der Waals surface area (Å²) in [7, 11) is 1.57. The average molecular weight is 411 g/mol. The highest BCUT2D eigenvalue weighted by Crippen LogP contribution is 2.30. The van der Waals surface area contributed by atoms with Gasteiger partial charge in [0.2, 0.25) is 0 Å². The maximum Gasteiger partial charge on any atom is 0.272 e. The summed E-state index contributed by atoms with van der Waals surface area (Å²) < 4.78 is 8.51. The highest BCUT2D eigenvalue weighted by atomic mass is 35.5. The molecule has 142 valence electrons. The van der Waals surface area contributed by atoms with Crippen molar-refractivity contribution in [2.24, 2.45) is 0 Å². The van der Waals surface area contributed by atoms with Crippen molar-refractivity contribution < 1.29 is 9.53 Å². The van der Waals surface area contributed by atoms with Crippen molar-refractivity contribution in [2.75, 3.05) is 12.4 Å². The van der Waals surface area contributed by atoms with Gasteiger partial charge in [-0.1, -0.05) is 41.9 Å². The van der Waals surface area contributed by atoms with Crippen LogP contribution in [-0.2, 0) is 13.0 Å². The fourth-order valence-electron chi connectivity index (χ4n) is 3.26. The Bertz CT molecular complexity index is 1120.